The van der Waals surface area contributed by atoms with Crippen LogP contribution in [0.25, 0.3) is 11.0 Å². The van der Waals surface area contributed by atoms with E-state index in [4.69, 9.17) is 0 Å². The molecular formula is C15H24N6. The van der Waals surface area contributed by atoms with Crippen LogP contribution in [-0.2, 0) is 0 Å². The van der Waals surface area contributed by atoms with E-state index < -0.39 is 0 Å². The largest absolute Gasteiger partial charge is 0.358 e. The predicted octanol–water partition coefficient (Wildman–Crippen LogP) is 2.05. The lowest BCUT2D eigenvalue weighted by Crippen LogP contribution is -2.38. The van der Waals surface area contributed by atoms with Gasteiger partial charge in [-0.1, -0.05) is 19.3 Å². The highest BCUT2D eigenvalue weighted by Crippen LogP contribution is 2.22. The van der Waals surface area contributed by atoms with Crippen LogP contribution in [0.1, 0.15) is 32.1 Å². The molecule has 0 aromatic carbocycles. The van der Waals surface area contributed by atoms with Crippen molar-refractivity contribution in [2.45, 2.75) is 38.1 Å². The number of likely N-dealkylation sites (N-methyl/N-ethyl adjacent to an activating group) is 2. The number of rotatable bonds is 5. The van der Waals surface area contributed by atoms with Crippen molar-refractivity contribution >= 4 is 16.9 Å². The SMILES string of the molecule is CN(CCN(C)C1CCCCC1)c1ncnc2[nH]ncc12. The van der Waals surface area contributed by atoms with Gasteiger partial charge in [-0.05, 0) is 19.9 Å². The summed E-state index contributed by atoms with van der Waals surface area (Å²) in [6.07, 6.45) is 10.3. The Labute approximate surface area is 125 Å². The minimum Gasteiger partial charge on any atom is -0.358 e. The van der Waals surface area contributed by atoms with Crippen molar-refractivity contribution in [1.82, 2.24) is 25.1 Å². The van der Waals surface area contributed by atoms with Gasteiger partial charge in [-0.15, -0.1) is 0 Å². The lowest BCUT2D eigenvalue weighted by molar-refractivity contribution is 0.196. The smallest absolute Gasteiger partial charge is 0.160 e. The Morgan fingerprint density at radius 2 is 1.95 bits per heavy atom. The summed E-state index contributed by atoms with van der Waals surface area (Å²) in [4.78, 5) is 13.3. The molecule has 0 unspecified atom stereocenters. The molecule has 0 atom stereocenters. The molecule has 0 radical (unpaired) electrons. The van der Waals surface area contributed by atoms with Gasteiger partial charge >= 0.3 is 0 Å². The van der Waals surface area contributed by atoms with Crippen molar-refractivity contribution in [3.05, 3.63) is 12.5 Å². The first kappa shape index (κ1) is 14.3. The fourth-order valence-corrected chi connectivity index (χ4v) is 3.17. The molecule has 1 aliphatic rings. The van der Waals surface area contributed by atoms with E-state index in [0.717, 1.165) is 36.0 Å². The molecule has 21 heavy (non-hydrogen) atoms. The summed E-state index contributed by atoms with van der Waals surface area (Å²) in [5, 5.41) is 7.93. The molecule has 2 aromatic heterocycles. The number of aromatic nitrogens is 4. The molecule has 3 rings (SSSR count). The third-order valence-corrected chi connectivity index (χ3v) is 4.57. The summed E-state index contributed by atoms with van der Waals surface area (Å²) >= 11 is 0. The van der Waals surface area contributed by atoms with E-state index in [9.17, 15) is 0 Å². The van der Waals surface area contributed by atoms with Gasteiger partial charge < -0.3 is 9.80 Å². The van der Waals surface area contributed by atoms with Crippen LogP contribution in [-0.4, -0.2) is 58.3 Å². The first-order valence-corrected chi connectivity index (χ1v) is 7.81. The zero-order chi connectivity index (χ0) is 14.7. The molecule has 0 saturated heterocycles. The molecule has 1 N–H and O–H groups in total. The molecule has 2 heterocycles. The van der Waals surface area contributed by atoms with E-state index in [1.165, 1.54) is 32.1 Å². The van der Waals surface area contributed by atoms with Crippen molar-refractivity contribution in [2.24, 2.45) is 0 Å². The van der Waals surface area contributed by atoms with E-state index >= 15 is 0 Å². The Hall–Kier alpha value is -1.69. The van der Waals surface area contributed by atoms with Gasteiger partial charge in [0.05, 0.1) is 11.6 Å². The average molecular weight is 288 g/mol. The summed E-state index contributed by atoms with van der Waals surface area (Å²) in [6.45, 7) is 2.02. The van der Waals surface area contributed by atoms with E-state index in [2.05, 4.69) is 44.1 Å². The van der Waals surface area contributed by atoms with E-state index in [1.807, 2.05) is 0 Å². The second kappa shape index (κ2) is 6.39. The molecule has 114 valence electrons. The maximum Gasteiger partial charge on any atom is 0.160 e. The van der Waals surface area contributed by atoms with E-state index in [0.29, 0.717) is 0 Å². The van der Waals surface area contributed by atoms with Crippen LogP contribution in [0.3, 0.4) is 0 Å². The van der Waals surface area contributed by atoms with Crippen LogP contribution in [0.15, 0.2) is 12.5 Å². The number of hydrogen-bond acceptors (Lipinski definition) is 5. The van der Waals surface area contributed by atoms with Crippen molar-refractivity contribution in [3.63, 3.8) is 0 Å². The maximum atomic E-state index is 4.41. The fraction of sp³-hybridized carbons (Fsp3) is 0.667. The lowest BCUT2D eigenvalue weighted by Gasteiger charge is -2.32. The molecule has 6 heteroatoms. The van der Waals surface area contributed by atoms with Crippen molar-refractivity contribution in [2.75, 3.05) is 32.1 Å². The Morgan fingerprint density at radius 1 is 1.14 bits per heavy atom. The first-order valence-electron chi connectivity index (χ1n) is 7.81. The number of hydrogen-bond donors (Lipinski definition) is 1. The summed E-state index contributed by atoms with van der Waals surface area (Å²) in [6, 6.07) is 0.756. The number of fused-ring (bicyclic) bond motifs is 1. The number of nitrogens with one attached hydrogen (secondary N) is 1. The van der Waals surface area contributed by atoms with Crippen molar-refractivity contribution < 1.29 is 0 Å². The van der Waals surface area contributed by atoms with Gasteiger partial charge in [0.25, 0.3) is 0 Å². The Morgan fingerprint density at radius 3 is 2.76 bits per heavy atom. The van der Waals surface area contributed by atoms with Crippen LogP contribution in [0.5, 0.6) is 0 Å². The Balaban J connectivity index is 1.61. The molecule has 1 fully saturated rings. The zero-order valence-electron chi connectivity index (χ0n) is 12.9. The molecular weight excluding hydrogens is 264 g/mol. The average Bonchev–Trinajstić information content (AvgIpc) is 3.01. The van der Waals surface area contributed by atoms with Crippen LogP contribution in [0.4, 0.5) is 5.82 Å². The third kappa shape index (κ3) is 3.15. The number of H-pyrrole nitrogens is 1. The maximum absolute atomic E-state index is 4.41. The molecule has 0 aliphatic heterocycles. The van der Waals surface area contributed by atoms with Gasteiger partial charge in [0.2, 0.25) is 0 Å². The fourth-order valence-electron chi connectivity index (χ4n) is 3.17. The molecule has 1 saturated carbocycles. The minimum absolute atomic E-state index is 0.756. The van der Waals surface area contributed by atoms with Crippen molar-refractivity contribution in [3.8, 4) is 0 Å². The highest BCUT2D eigenvalue weighted by Gasteiger charge is 2.18. The van der Waals surface area contributed by atoms with Gasteiger partial charge in [0.15, 0.2) is 5.65 Å². The van der Waals surface area contributed by atoms with Gasteiger partial charge in [-0.3, -0.25) is 5.10 Å². The lowest BCUT2D eigenvalue weighted by atomic mass is 9.94. The van der Waals surface area contributed by atoms with Crippen LogP contribution in [0.2, 0.25) is 0 Å². The monoisotopic (exact) mass is 288 g/mol. The molecule has 0 bridgehead atoms. The van der Waals surface area contributed by atoms with Gasteiger partial charge in [0.1, 0.15) is 12.1 Å². The van der Waals surface area contributed by atoms with Crippen molar-refractivity contribution in [1.29, 1.82) is 0 Å². The van der Waals surface area contributed by atoms with Crippen LogP contribution < -0.4 is 4.90 Å². The highest BCUT2D eigenvalue weighted by atomic mass is 15.2. The molecule has 2 aromatic rings. The van der Waals surface area contributed by atoms with Crippen LogP contribution in [0, 0.1) is 0 Å². The molecule has 1 aliphatic carbocycles. The second-order valence-corrected chi connectivity index (χ2v) is 6.02. The zero-order valence-corrected chi connectivity index (χ0v) is 12.9. The number of anilines is 1. The van der Waals surface area contributed by atoms with Gasteiger partial charge in [-0.25, -0.2) is 9.97 Å². The Bertz CT molecular complexity index is 574. The summed E-state index contributed by atoms with van der Waals surface area (Å²) in [7, 11) is 4.33. The highest BCUT2D eigenvalue weighted by molar-refractivity contribution is 5.85. The standard InChI is InChI=1S/C15H24N6/c1-20(12-6-4-3-5-7-12)8-9-21(2)15-13-10-18-19-14(13)16-11-17-15/h10-12H,3-9H2,1-2H3,(H,16,17,18,19). The number of aromatic amines is 1. The topological polar surface area (TPSA) is 60.9 Å². The minimum atomic E-state index is 0.756. The summed E-state index contributed by atoms with van der Waals surface area (Å²) in [5.74, 6) is 0.950. The summed E-state index contributed by atoms with van der Waals surface area (Å²) in [5.41, 5.74) is 0.799. The summed E-state index contributed by atoms with van der Waals surface area (Å²) < 4.78 is 0. The molecule has 0 amide bonds. The van der Waals surface area contributed by atoms with Gasteiger partial charge in [0, 0.05) is 26.2 Å². The third-order valence-electron chi connectivity index (χ3n) is 4.57. The normalized spacial score (nSPS) is 16.7. The van der Waals surface area contributed by atoms with E-state index in [-0.39, 0.29) is 0 Å². The molecule has 6 nitrogen and oxygen atoms in total. The Kier molecular flexibility index (Phi) is 4.34. The molecule has 0 spiro atoms. The number of nitrogens with zero attached hydrogens (tertiary/aromatic N) is 5. The van der Waals surface area contributed by atoms with Gasteiger partial charge in [-0.2, -0.15) is 5.10 Å². The van der Waals surface area contributed by atoms with Crippen LogP contribution >= 0.6 is 0 Å². The quantitative estimate of drug-likeness (QED) is 0.912. The van der Waals surface area contributed by atoms with E-state index in [1.54, 1.807) is 12.5 Å². The second-order valence-electron chi connectivity index (χ2n) is 6.02. The first-order chi connectivity index (χ1) is 10.3. The predicted molar refractivity (Wildman–Crippen MR) is 84.5 cm³/mol.